The average Bonchev–Trinajstić information content (AvgIpc) is 3.14. The van der Waals surface area contributed by atoms with E-state index >= 15 is 0 Å². The first-order valence-corrected chi connectivity index (χ1v) is 7.73. The molecule has 5 nitrogen and oxygen atoms in total. The van der Waals surface area contributed by atoms with Gasteiger partial charge in [0, 0.05) is 22.7 Å². The standard InChI is InChI=1S/C15H15Cl2N3O2/c16-12-2-1-10(13(17)7-12)8-20-14(3-5-18-20)19-15(21)11-4-6-22-9-11/h1-3,5,7,11H,4,6,8-9H2,(H,19,21). The van der Waals surface area contributed by atoms with Gasteiger partial charge < -0.3 is 10.1 Å². The number of carbonyl (C=O) groups excluding carboxylic acids is 1. The van der Waals surface area contributed by atoms with Crippen LogP contribution in [0.5, 0.6) is 0 Å². The maximum absolute atomic E-state index is 12.2. The van der Waals surface area contributed by atoms with E-state index in [0.717, 1.165) is 12.0 Å². The highest BCUT2D eigenvalue weighted by atomic mass is 35.5. The number of hydrogen-bond acceptors (Lipinski definition) is 3. The zero-order valence-corrected chi connectivity index (χ0v) is 13.3. The number of carbonyl (C=O) groups is 1. The van der Waals surface area contributed by atoms with E-state index in [4.69, 9.17) is 27.9 Å². The first-order chi connectivity index (χ1) is 10.6. The molecule has 1 saturated heterocycles. The first kappa shape index (κ1) is 15.3. The second-order valence-corrected chi connectivity index (χ2v) is 6.00. The lowest BCUT2D eigenvalue weighted by Gasteiger charge is -2.12. The Labute approximate surface area is 138 Å². The topological polar surface area (TPSA) is 56.2 Å². The maximum atomic E-state index is 12.2. The number of anilines is 1. The Kier molecular flexibility index (Phi) is 4.66. The van der Waals surface area contributed by atoms with Crippen molar-refractivity contribution in [2.75, 3.05) is 18.5 Å². The van der Waals surface area contributed by atoms with Crippen molar-refractivity contribution >= 4 is 34.9 Å². The Morgan fingerprint density at radius 2 is 2.27 bits per heavy atom. The van der Waals surface area contributed by atoms with Gasteiger partial charge in [-0.15, -0.1) is 0 Å². The molecule has 1 amide bonds. The number of ether oxygens (including phenoxy) is 1. The minimum absolute atomic E-state index is 0.0403. The quantitative estimate of drug-likeness (QED) is 0.930. The van der Waals surface area contributed by atoms with Gasteiger partial charge in [0.25, 0.3) is 0 Å². The van der Waals surface area contributed by atoms with E-state index < -0.39 is 0 Å². The molecule has 1 atom stereocenters. The van der Waals surface area contributed by atoms with Crippen LogP contribution in [0.25, 0.3) is 0 Å². The fourth-order valence-electron chi connectivity index (χ4n) is 2.35. The molecule has 1 aromatic heterocycles. The highest BCUT2D eigenvalue weighted by Gasteiger charge is 2.24. The zero-order valence-electron chi connectivity index (χ0n) is 11.8. The molecule has 1 fully saturated rings. The molecule has 0 saturated carbocycles. The summed E-state index contributed by atoms with van der Waals surface area (Å²) in [7, 11) is 0. The van der Waals surface area contributed by atoms with Crippen LogP contribution >= 0.6 is 23.2 Å². The Morgan fingerprint density at radius 3 is 3.00 bits per heavy atom. The molecule has 22 heavy (non-hydrogen) atoms. The molecular formula is C15H15Cl2N3O2. The molecule has 1 aliphatic rings. The Morgan fingerprint density at radius 1 is 1.41 bits per heavy atom. The van der Waals surface area contributed by atoms with Gasteiger partial charge in [-0.1, -0.05) is 29.3 Å². The third kappa shape index (κ3) is 3.43. The molecule has 7 heteroatoms. The van der Waals surface area contributed by atoms with Crippen LogP contribution in [0.2, 0.25) is 10.0 Å². The predicted molar refractivity (Wildman–Crippen MR) is 85.3 cm³/mol. The van der Waals surface area contributed by atoms with Crippen molar-refractivity contribution < 1.29 is 9.53 Å². The highest BCUT2D eigenvalue weighted by molar-refractivity contribution is 6.35. The third-order valence-electron chi connectivity index (χ3n) is 3.60. The zero-order chi connectivity index (χ0) is 15.5. The van der Waals surface area contributed by atoms with Crippen molar-refractivity contribution in [1.29, 1.82) is 0 Å². The molecule has 3 rings (SSSR count). The van der Waals surface area contributed by atoms with E-state index in [1.165, 1.54) is 0 Å². The van der Waals surface area contributed by atoms with Gasteiger partial charge in [0.1, 0.15) is 5.82 Å². The monoisotopic (exact) mass is 339 g/mol. The van der Waals surface area contributed by atoms with Gasteiger partial charge >= 0.3 is 0 Å². The summed E-state index contributed by atoms with van der Waals surface area (Å²) in [5.41, 5.74) is 0.884. The van der Waals surface area contributed by atoms with Crippen LogP contribution < -0.4 is 5.32 Å². The lowest BCUT2D eigenvalue weighted by molar-refractivity contribution is -0.119. The van der Waals surface area contributed by atoms with Crippen LogP contribution in [0.1, 0.15) is 12.0 Å². The van der Waals surface area contributed by atoms with Crippen molar-refractivity contribution in [3.63, 3.8) is 0 Å². The summed E-state index contributed by atoms with van der Waals surface area (Å²) in [6.45, 7) is 1.57. The molecular weight excluding hydrogens is 325 g/mol. The van der Waals surface area contributed by atoms with Gasteiger partial charge in [0.2, 0.25) is 5.91 Å². The van der Waals surface area contributed by atoms with E-state index in [1.54, 1.807) is 29.1 Å². The predicted octanol–water partition coefficient (Wildman–Crippen LogP) is 3.21. The number of nitrogens with one attached hydrogen (secondary N) is 1. The summed E-state index contributed by atoms with van der Waals surface area (Å²) in [4.78, 5) is 12.2. The molecule has 2 heterocycles. The lowest BCUT2D eigenvalue weighted by atomic mass is 10.1. The van der Waals surface area contributed by atoms with Crippen LogP contribution in [0.3, 0.4) is 0 Å². The number of amides is 1. The van der Waals surface area contributed by atoms with Crippen molar-refractivity contribution in [3.8, 4) is 0 Å². The van der Waals surface area contributed by atoms with Gasteiger partial charge in [-0.05, 0) is 24.1 Å². The summed E-state index contributed by atoms with van der Waals surface area (Å²) < 4.78 is 6.93. The van der Waals surface area contributed by atoms with Crippen molar-refractivity contribution in [3.05, 3.63) is 46.1 Å². The second kappa shape index (κ2) is 6.69. The van der Waals surface area contributed by atoms with E-state index in [-0.39, 0.29) is 11.8 Å². The Hall–Kier alpha value is -1.56. The van der Waals surface area contributed by atoms with Crippen molar-refractivity contribution in [2.45, 2.75) is 13.0 Å². The van der Waals surface area contributed by atoms with E-state index in [0.29, 0.717) is 35.6 Å². The summed E-state index contributed by atoms with van der Waals surface area (Å²) in [6, 6.07) is 7.08. The van der Waals surface area contributed by atoms with Crippen LogP contribution in [0, 0.1) is 5.92 Å². The average molecular weight is 340 g/mol. The SMILES string of the molecule is O=C(Nc1ccnn1Cc1ccc(Cl)cc1Cl)C1CCOC1. The fraction of sp³-hybridized carbons (Fsp3) is 0.333. The number of halogens is 2. The Balaban J connectivity index is 1.73. The molecule has 1 unspecified atom stereocenters. The van der Waals surface area contributed by atoms with Gasteiger partial charge in [-0.2, -0.15) is 5.10 Å². The van der Waals surface area contributed by atoms with Gasteiger partial charge in [0.15, 0.2) is 0 Å². The van der Waals surface area contributed by atoms with Crippen LogP contribution in [-0.4, -0.2) is 28.9 Å². The van der Waals surface area contributed by atoms with Gasteiger partial charge in [-0.25, -0.2) is 4.68 Å². The second-order valence-electron chi connectivity index (χ2n) is 5.16. The molecule has 0 bridgehead atoms. The van der Waals surface area contributed by atoms with E-state index in [2.05, 4.69) is 10.4 Å². The van der Waals surface area contributed by atoms with Crippen molar-refractivity contribution in [1.82, 2.24) is 9.78 Å². The summed E-state index contributed by atoms with van der Waals surface area (Å²) >= 11 is 12.1. The van der Waals surface area contributed by atoms with E-state index in [1.807, 2.05) is 6.07 Å². The largest absolute Gasteiger partial charge is 0.381 e. The smallest absolute Gasteiger partial charge is 0.231 e. The molecule has 2 aromatic rings. The number of rotatable bonds is 4. The lowest BCUT2D eigenvalue weighted by Crippen LogP contribution is -2.24. The fourth-order valence-corrected chi connectivity index (χ4v) is 2.81. The van der Waals surface area contributed by atoms with Crippen LogP contribution in [-0.2, 0) is 16.1 Å². The van der Waals surface area contributed by atoms with Gasteiger partial charge in [-0.3, -0.25) is 4.79 Å². The normalized spacial score (nSPS) is 17.6. The number of benzene rings is 1. The molecule has 1 aliphatic heterocycles. The highest BCUT2D eigenvalue weighted by Crippen LogP contribution is 2.23. The maximum Gasteiger partial charge on any atom is 0.231 e. The molecule has 0 spiro atoms. The molecule has 116 valence electrons. The number of hydrogen-bond donors (Lipinski definition) is 1. The molecule has 0 radical (unpaired) electrons. The number of aromatic nitrogens is 2. The molecule has 0 aliphatic carbocycles. The number of nitrogens with zero attached hydrogens (tertiary/aromatic N) is 2. The minimum atomic E-state index is -0.0949. The van der Waals surface area contributed by atoms with E-state index in [9.17, 15) is 4.79 Å². The molecule has 1 aromatic carbocycles. The third-order valence-corrected chi connectivity index (χ3v) is 4.19. The minimum Gasteiger partial charge on any atom is -0.381 e. The van der Waals surface area contributed by atoms with Crippen LogP contribution in [0.4, 0.5) is 5.82 Å². The van der Waals surface area contributed by atoms with Crippen LogP contribution in [0.15, 0.2) is 30.5 Å². The summed E-state index contributed by atoms with van der Waals surface area (Å²) in [5, 5.41) is 8.29. The molecule has 1 N–H and O–H groups in total. The Bertz CT molecular complexity index is 681. The first-order valence-electron chi connectivity index (χ1n) is 6.98. The summed E-state index contributed by atoms with van der Waals surface area (Å²) in [5.74, 6) is 0.506. The summed E-state index contributed by atoms with van der Waals surface area (Å²) in [6.07, 6.45) is 2.40. The van der Waals surface area contributed by atoms with Gasteiger partial charge in [0.05, 0.1) is 25.3 Å². The van der Waals surface area contributed by atoms with Crippen molar-refractivity contribution in [2.24, 2.45) is 5.92 Å².